The summed E-state index contributed by atoms with van der Waals surface area (Å²) in [6.45, 7) is 0. The van der Waals surface area contributed by atoms with Gasteiger partial charge in [-0.15, -0.1) is 22.7 Å². The van der Waals surface area contributed by atoms with Crippen LogP contribution in [-0.4, -0.2) is 34.9 Å². The van der Waals surface area contributed by atoms with Crippen molar-refractivity contribution in [1.29, 1.82) is 0 Å². The normalized spacial score (nSPS) is 10.5. The van der Waals surface area contributed by atoms with Crippen LogP contribution in [0.5, 0.6) is 0 Å². The van der Waals surface area contributed by atoms with Gasteiger partial charge in [-0.05, 0) is 18.2 Å². The van der Waals surface area contributed by atoms with Crippen molar-refractivity contribution < 1.29 is 4.79 Å². The van der Waals surface area contributed by atoms with Crippen molar-refractivity contribution in [3.05, 3.63) is 46.8 Å². The summed E-state index contributed by atoms with van der Waals surface area (Å²) in [6.07, 6.45) is 1.73. The maximum atomic E-state index is 11.9. The van der Waals surface area contributed by atoms with Crippen molar-refractivity contribution in [1.82, 2.24) is 14.9 Å². The Labute approximate surface area is 136 Å². The highest BCUT2D eigenvalue weighted by atomic mass is 32.1. The number of thiophene rings is 1. The number of nitrogens with zero attached hydrogens (tertiary/aromatic N) is 3. The minimum atomic E-state index is 0.00423. The second-order valence-electron chi connectivity index (χ2n) is 4.78. The summed E-state index contributed by atoms with van der Waals surface area (Å²) < 4.78 is 0. The molecule has 0 aliphatic carbocycles. The van der Waals surface area contributed by atoms with E-state index in [1.165, 1.54) is 22.7 Å². The molecule has 0 radical (unpaired) electrons. The highest BCUT2D eigenvalue weighted by Gasteiger charge is 2.13. The molecular formula is C15H14N4OS2. The lowest BCUT2D eigenvalue weighted by molar-refractivity contribution is 0.0828. The lowest BCUT2D eigenvalue weighted by Gasteiger charge is -2.07. The van der Waals surface area contributed by atoms with Crippen LogP contribution in [0, 0.1) is 0 Å². The molecule has 0 aromatic carbocycles. The van der Waals surface area contributed by atoms with Crippen molar-refractivity contribution in [3.8, 4) is 10.6 Å². The van der Waals surface area contributed by atoms with E-state index in [1.54, 1.807) is 25.2 Å². The lowest BCUT2D eigenvalue weighted by Crippen LogP contribution is -2.20. The maximum absolute atomic E-state index is 11.9. The molecule has 0 atom stereocenters. The van der Waals surface area contributed by atoms with Crippen molar-refractivity contribution in [2.75, 3.05) is 19.4 Å². The number of anilines is 2. The molecule has 112 valence electrons. The Hall–Kier alpha value is -2.25. The number of carbonyl (C=O) groups is 1. The van der Waals surface area contributed by atoms with Crippen LogP contribution >= 0.6 is 22.7 Å². The Morgan fingerprint density at radius 3 is 2.82 bits per heavy atom. The topological polar surface area (TPSA) is 58.1 Å². The molecule has 0 fully saturated rings. The standard InChI is InChI=1S/C15H14N4OS2/c1-19(2)14(20)10-7-12(21-8-10)11-9-22-15(17-11)18-13-5-3-4-6-16-13/h3-9H,1-2H3,(H,16,17,18). The van der Waals surface area contributed by atoms with Crippen LogP contribution in [0.4, 0.5) is 10.9 Å². The summed E-state index contributed by atoms with van der Waals surface area (Å²) in [5.74, 6) is 0.766. The molecule has 3 heterocycles. The number of aromatic nitrogens is 2. The molecule has 0 spiro atoms. The monoisotopic (exact) mass is 330 g/mol. The number of thiazole rings is 1. The molecule has 22 heavy (non-hydrogen) atoms. The Bertz CT molecular complexity index is 780. The second-order valence-corrected chi connectivity index (χ2v) is 6.55. The fourth-order valence-electron chi connectivity index (χ4n) is 1.83. The Morgan fingerprint density at radius 1 is 1.23 bits per heavy atom. The molecule has 3 rings (SSSR count). The van der Waals surface area contributed by atoms with Crippen molar-refractivity contribution in [2.24, 2.45) is 0 Å². The minimum absolute atomic E-state index is 0.00423. The molecule has 1 N–H and O–H groups in total. The van der Waals surface area contributed by atoms with E-state index in [2.05, 4.69) is 15.3 Å². The SMILES string of the molecule is CN(C)C(=O)c1csc(-c2csc(Nc3ccccn3)n2)c1. The summed E-state index contributed by atoms with van der Waals surface area (Å²) in [5.41, 5.74) is 1.56. The van der Waals surface area contributed by atoms with Crippen LogP contribution in [0.15, 0.2) is 41.2 Å². The molecule has 3 aromatic heterocycles. The third kappa shape index (κ3) is 3.15. The predicted molar refractivity (Wildman–Crippen MR) is 91.0 cm³/mol. The molecule has 1 amide bonds. The van der Waals surface area contributed by atoms with Crippen LogP contribution in [0.3, 0.4) is 0 Å². The van der Waals surface area contributed by atoms with Gasteiger partial charge in [0, 0.05) is 31.1 Å². The Kier molecular flexibility index (Phi) is 4.17. The van der Waals surface area contributed by atoms with Gasteiger partial charge in [0.1, 0.15) is 5.82 Å². The number of pyridine rings is 1. The van der Waals surface area contributed by atoms with E-state index in [0.29, 0.717) is 5.56 Å². The molecule has 0 unspecified atom stereocenters. The van der Waals surface area contributed by atoms with Gasteiger partial charge in [0.2, 0.25) is 0 Å². The summed E-state index contributed by atoms with van der Waals surface area (Å²) in [5, 5.41) is 7.78. The second kappa shape index (κ2) is 6.25. The van der Waals surface area contributed by atoms with E-state index < -0.39 is 0 Å². The van der Waals surface area contributed by atoms with E-state index >= 15 is 0 Å². The van der Waals surface area contributed by atoms with Gasteiger partial charge in [-0.25, -0.2) is 9.97 Å². The van der Waals surface area contributed by atoms with E-state index in [9.17, 15) is 4.79 Å². The summed E-state index contributed by atoms with van der Waals surface area (Å²) in [4.78, 5) is 23.2. The number of hydrogen-bond acceptors (Lipinski definition) is 6. The molecular weight excluding hydrogens is 316 g/mol. The van der Waals surface area contributed by atoms with Gasteiger partial charge in [0.05, 0.1) is 16.1 Å². The predicted octanol–water partition coefficient (Wildman–Crippen LogP) is 3.71. The zero-order valence-electron chi connectivity index (χ0n) is 12.1. The van der Waals surface area contributed by atoms with Crippen molar-refractivity contribution in [2.45, 2.75) is 0 Å². The molecule has 0 bridgehead atoms. The number of amides is 1. The molecule has 5 nitrogen and oxygen atoms in total. The Balaban J connectivity index is 1.78. The first-order valence-electron chi connectivity index (χ1n) is 6.57. The van der Waals surface area contributed by atoms with Crippen LogP contribution in [0.25, 0.3) is 10.6 Å². The summed E-state index contributed by atoms with van der Waals surface area (Å²) in [6, 6.07) is 7.56. The average Bonchev–Trinajstić information content (AvgIpc) is 3.16. The first-order valence-corrected chi connectivity index (χ1v) is 8.33. The van der Waals surface area contributed by atoms with Crippen LogP contribution in [-0.2, 0) is 0 Å². The van der Waals surface area contributed by atoms with Crippen molar-refractivity contribution in [3.63, 3.8) is 0 Å². The molecule has 0 aliphatic rings. The molecule has 0 saturated heterocycles. The first-order chi connectivity index (χ1) is 10.6. The van der Waals surface area contributed by atoms with E-state index in [-0.39, 0.29) is 5.91 Å². The van der Waals surface area contributed by atoms with Gasteiger partial charge >= 0.3 is 0 Å². The fourth-order valence-corrected chi connectivity index (χ4v) is 3.47. The quantitative estimate of drug-likeness (QED) is 0.792. The Morgan fingerprint density at radius 2 is 2.09 bits per heavy atom. The van der Waals surface area contributed by atoms with Gasteiger partial charge in [-0.2, -0.15) is 0 Å². The largest absolute Gasteiger partial charge is 0.345 e. The van der Waals surface area contributed by atoms with Gasteiger partial charge in [-0.3, -0.25) is 4.79 Å². The van der Waals surface area contributed by atoms with Gasteiger partial charge in [0.15, 0.2) is 5.13 Å². The molecule has 3 aromatic rings. The van der Waals surface area contributed by atoms with Crippen LogP contribution in [0.2, 0.25) is 0 Å². The van der Waals surface area contributed by atoms with Gasteiger partial charge < -0.3 is 10.2 Å². The zero-order valence-corrected chi connectivity index (χ0v) is 13.7. The van der Waals surface area contributed by atoms with Crippen LogP contribution in [0.1, 0.15) is 10.4 Å². The molecule has 0 saturated carbocycles. The maximum Gasteiger partial charge on any atom is 0.254 e. The summed E-state index contributed by atoms with van der Waals surface area (Å²) in [7, 11) is 3.49. The van der Waals surface area contributed by atoms with E-state index in [0.717, 1.165) is 21.5 Å². The van der Waals surface area contributed by atoms with Crippen LogP contribution < -0.4 is 5.32 Å². The average molecular weight is 330 g/mol. The molecule has 0 aliphatic heterocycles. The lowest BCUT2D eigenvalue weighted by atomic mass is 10.2. The van der Waals surface area contributed by atoms with Gasteiger partial charge in [-0.1, -0.05) is 6.07 Å². The highest BCUT2D eigenvalue weighted by Crippen LogP contribution is 2.31. The van der Waals surface area contributed by atoms with Gasteiger partial charge in [0.25, 0.3) is 5.91 Å². The number of hydrogen-bond donors (Lipinski definition) is 1. The fraction of sp³-hybridized carbons (Fsp3) is 0.133. The third-order valence-electron chi connectivity index (χ3n) is 2.91. The van der Waals surface area contributed by atoms with Crippen molar-refractivity contribution >= 4 is 39.5 Å². The number of rotatable bonds is 4. The number of carbonyl (C=O) groups excluding carboxylic acids is 1. The zero-order chi connectivity index (χ0) is 15.5. The first kappa shape index (κ1) is 14.7. The van der Waals surface area contributed by atoms with E-state index in [1.807, 2.05) is 35.0 Å². The highest BCUT2D eigenvalue weighted by molar-refractivity contribution is 7.16. The third-order valence-corrected chi connectivity index (χ3v) is 4.62. The van der Waals surface area contributed by atoms with E-state index in [4.69, 9.17) is 0 Å². The smallest absolute Gasteiger partial charge is 0.254 e. The molecule has 7 heteroatoms. The minimum Gasteiger partial charge on any atom is -0.345 e. The summed E-state index contributed by atoms with van der Waals surface area (Å²) >= 11 is 3.03. The number of nitrogens with one attached hydrogen (secondary N) is 1.